The lowest BCUT2D eigenvalue weighted by molar-refractivity contribution is 0.474. The summed E-state index contributed by atoms with van der Waals surface area (Å²) in [6.07, 6.45) is 3.12. The van der Waals surface area contributed by atoms with E-state index in [1.54, 1.807) is 0 Å². The quantitative estimate of drug-likeness (QED) is 0.579. The molecule has 3 rings (SSSR count). The Morgan fingerprint density at radius 3 is 2.43 bits per heavy atom. The fraction of sp³-hybridized carbons (Fsp3) is 0.211. The molecular formula is C19H18OS. The zero-order chi connectivity index (χ0) is 14.8. The molecule has 0 aliphatic carbocycles. The molecule has 2 aromatic carbocycles. The van der Waals surface area contributed by atoms with Crippen LogP contribution in [-0.4, -0.2) is 4.86 Å². The Kier molecular flexibility index (Phi) is 3.89. The number of benzene rings is 2. The van der Waals surface area contributed by atoms with Gasteiger partial charge in [0, 0.05) is 5.56 Å². The molecular weight excluding hydrogens is 276 g/mol. The molecule has 0 saturated heterocycles. The Balaban J connectivity index is 1.82. The lowest BCUT2D eigenvalue weighted by Crippen LogP contribution is -1.97. The van der Waals surface area contributed by atoms with Crippen LogP contribution in [0.4, 0.5) is 0 Å². The summed E-state index contributed by atoms with van der Waals surface area (Å²) >= 11 is 5.48. The van der Waals surface area contributed by atoms with Gasteiger partial charge in [0.1, 0.15) is 11.5 Å². The Hall–Kier alpha value is -1.93. The highest BCUT2D eigenvalue weighted by atomic mass is 32.1. The van der Waals surface area contributed by atoms with E-state index in [-0.39, 0.29) is 0 Å². The second-order valence-corrected chi connectivity index (χ2v) is 6.18. The third-order valence-corrected chi connectivity index (χ3v) is 3.92. The van der Waals surface area contributed by atoms with Gasteiger partial charge in [-0.1, -0.05) is 62.5 Å². The van der Waals surface area contributed by atoms with Crippen LogP contribution in [0.2, 0.25) is 0 Å². The molecule has 2 aromatic rings. The van der Waals surface area contributed by atoms with Crippen LogP contribution in [0.5, 0.6) is 5.75 Å². The number of allylic oxidation sites excluding steroid dienone is 1. The largest absolute Gasteiger partial charge is 0.455 e. The molecule has 1 heterocycles. The van der Waals surface area contributed by atoms with Crippen LogP contribution < -0.4 is 4.74 Å². The zero-order valence-electron chi connectivity index (χ0n) is 12.3. The number of ether oxygens (including phenoxy) is 1. The first kappa shape index (κ1) is 14.0. The second kappa shape index (κ2) is 5.82. The Morgan fingerprint density at radius 1 is 1.05 bits per heavy atom. The highest BCUT2D eigenvalue weighted by molar-refractivity contribution is 7.81. The van der Waals surface area contributed by atoms with Gasteiger partial charge in [-0.15, -0.1) is 0 Å². The highest BCUT2D eigenvalue weighted by Crippen LogP contribution is 2.32. The normalized spacial score (nSPS) is 15.4. The summed E-state index contributed by atoms with van der Waals surface area (Å²) in [5.41, 5.74) is 3.49. The highest BCUT2D eigenvalue weighted by Gasteiger charge is 2.22. The van der Waals surface area contributed by atoms with Gasteiger partial charge in [0.15, 0.2) is 0 Å². The van der Waals surface area contributed by atoms with E-state index >= 15 is 0 Å². The maximum absolute atomic E-state index is 5.84. The molecule has 0 spiro atoms. The molecule has 0 aromatic heterocycles. The van der Waals surface area contributed by atoms with Crippen LogP contribution in [-0.2, 0) is 6.42 Å². The standard InChI is InChI=1S/C19H18OS/c1-13(2)11-14-7-9-15(10-8-14)12-18-19(21)16-5-3-4-6-17(16)20-18/h3-10,12-13H,11H2,1-2H3/b18-12-. The summed E-state index contributed by atoms with van der Waals surface area (Å²) in [6, 6.07) is 16.5. The van der Waals surface area contributed by atoms with Gasteiger partial charge < -0.3 is 4.74 Å². The summed E-state index contributed by atoms with van der Waals surface area (Å²) in [7, 11) is 0. The third-order valence-electron chi connectivity index (χ3n) is 3.50. The lowest BCUT2D eigenvalue weighted by Gasteiger charge is -2.05. The zero-order valence-corrected chi connectivity index (χ0v) is 13.1. The maximum Gasteiger partial charge on any atom is 0.146 e. The summed E-state index contributed by atoms with van der Waals surface area (Å²) in [5, 5.41) is 0. The molecule has 1 aliphatic heterocycles. The van der Waals surface area contributed by atoms with Gasteiger partial charge in [-0.25, -0.2) is 0 Å². The van der Waals surface area contributed by atoms with E-state index in [1.165, 1.54) is 5.56 Å². The van der Waals surface area contributed by atoms with Crippen molar-refractivity contribution >= 4 is 23.2 Å². The van der Waals surface area contributed by atoms with E-state index in [4.69, 9.17) is 17.0 Å². The van der Waals surface area contributed by atoms with E-state index in [2.05, 4.69) is 38.1 Å². The van der Waals surface area contributed by atoms with Crippen molar-refractivity contribution in [3.8, 4) is 5.75 Å². The average molecular weight is 294 g/mol. The average Bonchev–Trinajstić information content (AvgIpc) is 2.78. The molecule has 0 N–H and O–H groups in total. The second-order valence-electron chi connectivity index (χ2n) is 5.78. The lowest BCUT2D eigenvalue weighted by atomic mass is 10.0. The Morgan fingerprint density at radius 2 is 1.76 bits per heavy atom. The monoisotopic (exact) mass is 294 g/mol. The number of para-hydroxylation sites is 1. The molecule has 0 saturated carbocycles. The van der Waals surface area contributed by atoms with Gasteiger partial charge in [-0.3, -0.25) is 0 Å². The Bertz CT molecular complexity index is 696. The topological polar surface area (TPSA) is 9.23 Å². The molecule has 0 radical (unpaired) electrons. The van der Waals surface area contributed by atoms with Gasteiger partial charge in [0.2, 0.25) is 0 Å². The summed E-state index contributed by atoms with van der Waals surface area (Å²) < 4.78 is 5.84. The minimum atomic E-state index is 0.675. The fourth-order valence-corrected chi connectivity index (χ4v) is 2.78. The number of hydrogen-bond acceptors (Lipinski definition) is 2. The number of rotatable bonds is 3. The predicted molar refractivity (Wildman–Crippen MR) is 91.7 cm³/mol. The van der Waals surface area contributed by atoms with E-state index in [0.717, 1.165) is 33.9 Å². The molecule has 0 fully saturated rings. The van der Waals surface area contributed by atoms with Gasteiger partial charge in [-0.05, 0) is 41.7 Å². The van der Waals surface area contributed by atoms with Crippen LogP contribution in [0.15, 0.2) is 54.3 Å². The van der Waals surface area contributed by atoms with Gasteiger partial charge in [-0.2, -0.15) is 0 Å². The summed E-state index contributed by atoms with van der Waals surface area (Å²) in [6.45, 7) is 4.47. The number of hydrogen-bond donors (Lipinski definition) is 0. The van der Waals surface area contributed by atoms with Crippen LogP contribution in [0.3, 0.4) is 0 Å². The van der Waals surface area contributed by atoms with Gasteiger partial charge >= 0.3 is 0 Å². The molecule has 2 heteroatoms. The van der Waals surface area contributed by atoms with E-state index in [9.17, 15) is 0 Å². The SMILES string of the molecule is CC(C)Cc1ccc(/C=C2\Oc3ccccc3C2=S)cc1. The van der Waals surface area contributed by atoms with Crippen molar-refractivity contribution in [1.29, 1.82) is 0 Å². The molecule has 106 valence electrons. The molecule has 1 nitrogen and oxygen atoms in total. The Labute approximate surface area is 131 Å². The molecule has 0 atom stereocenters. The smallest absolute Gasteiger partial charge is 0.146 e. The first-order valence-corrected chi connectivity index (χ1v) is 7.66. The van der Waals surface area contributed by atoms with Crippen LogP contribution in [0, 0.1) is 5.92 Å². The molecule has 21 heavy (non-hydrogen) atoms. The molecule has 0 bridgehead atoms. The van der Waals surface area contributed by atoms with Crippen molar-refractivity contribution in [2.24, 2.45) is 5.92 Å². The minimum absolute atomic E-state index is 0.675. The van der Waals surface area contributed by atoms with Crippen molar-refractivity contribution in [2.45, 2.75) is 20.3 Å². The molecule has 0 unspecified atom stereocenters. The van der Waals surface area contributed by atoms with E-state index in [1.807, 2.05) is 30.3 Å². The first-order chi connectivity index (χ1) is 10.1. The minimum Gasteiger partial charge on any atom is -0.455 e. The van der Waals surface area contributed by atoms with Crippen LogP contribution in [0.25, 0.3) is 6.08 Å². The van der Waals surface area contributed by atoms with Gasteiger partial charge in [0.25, 0.3) is 0 Å². The number of fused-ring (bicyclic) bond motifs is 1. The molecule has 1 aliphatic rings. The summed E-state index contributed by atoms with van der Waals surface area (Å²) in [4.78, 5) is 0.789. The predicted octanol–water partition coefficient (Wildman–Crippen LogP) is 5.04. The maximum atomic E-state index is 5.84. The fourth-order valence-electron chi connectivity index (χ4n) is 2.51. The summed E-state index contributed by atoms with van der Waals surface area (Å²) in [5.74, 6) is 2.29. The first-order valence-electron chi connectivity index (χ1n) is 7.25. The van der Waals surface area contributed by atoms with Crippen molar-refractivity contribution in [3.63, 3.8) is 0 Å². The molecule has 0 amide bonds. The van der Waals surface area contributed by atoms with Crippen molar-refractivity contribution < 1.29 is 4.74 Å². The van der Waals surface area contributed by atoms with Gasteiger partial charge in [0.05, 0.1) is 4.86 Å². The number of thiocarbonyl (C=S) groups is 1. The van der Waals surface area contributed by atoms with Crippen molar-refractivity contribution in [2.75, 3.05) is 0 Å². The van der Waals surface area contributed by atoms with Crippen LogP contribution in [0.1, 0.15) is 30.5 Å². The van der Waals surface area contributed by atoms with Crippen molar-refractivity contribution in [1.82, 2.24) is 0 Å². The van der Waals surface area contributed by atoms with Crippen molar-refractivity contribution in [3.05, 3.63) is 71.0 Å². The van der Waals surface area contributed by atoms with Crippen LogP contribution >= 0.6 is 12.2 Å². The van der Waals surface area contributed by atoms with E-state index < -0.39 is 0 Å². The van der Waals surface area contributed by atoms with E-state index in [0.29, 0.717) is 5.92 Å². The third kappa shape index (κ3) is 3.06.